The average Bonchev–Trinajstić information content (AvgIpc) is 3.11. The highest BCUT2D eigenvalue weighted by Crippen LogP contribution is 2.46. The molecule has 1 aromatic heterocycles. The van der Waals surface area contributed by atoms with Crippen molar-refractivity contribution in [2.24, 2.45) is 12.8 Å². The molecular formula is C27H34N6O3. The van der Waals surface area contributed by atoms with Crippen LogP contribution in [0.3, 0.4) is 0 Å². The van der Waals surface area contributed by atoms with E-state index in [0.29, 0.717) is 36.2 Å². The SMILES string of the molecule is C[C@@H](N)CC1(c2nn(C)c(=O)[nH]2)c2ccc(C(=O)N(C)C)cc2CCc2cc(C(=O)N(C)C)ccc21. The van der Waals surface area contributed by atoms with E-state index in [1.54, 1.807) is 45.0 Å². The lowest BCUT2D eigenvalue weighted by atomic mass is 9.68. The van der Waals surface area contributed by atoms with Gasteiger partial charge in [-0.2, -0.15) is 5.10 Å². The minimum atomic E-state index is -0.866. The number of nitrogens with zero attached hydrogens (tertiary/aromatic N) is 4. The number of aromatic amines is 1. The predicted octanol–water partition coefficient (Wildman–Crippen LogP) is 1.68. The monoisotopic (exact) mass is 490 g/mol. The summed E-state index contributed by atoms with van der Waals surface area (Å²) in [5, 5.41) is 4.61. The van der Waals surface area contributed by atoms with Crippen LogP contribution < -0.4 is 11.4 Å². The second kappa shape index (κ2) is 9.39. The molecule has 1 atom stereocenters. The van der Waals surface area contributed by atoms with E-state index in [1.165, 1.54) is 4.68 Å². The fraction of sp³-hybridized carbons (Fsp3) is 0.407. The molecule has 0 unspecified atom stereocenters. The molecule has 190 valence electrons. The largest absolute Gasteiger partial charge is 0.345 e. The van der Waals surface area contributed by atoms with Crippen molar-refractivity contribution in [3.8, 4) is 0 Å². The maximum atomic E-state index is 12.8. The molecule has 0 saturated carbocycles. The van der Waals surface area contributed by atoms with Crippen LogP contribution in [0, 0.1) is 0 Å². The number of aromatic nitrogens is 3. The van der Waals surface area contributed by atoms with Gasteiger partial charge in [0.15, 0.2) is 0 Å². The van der Waals surface area contributed by atoms with Crippen LogP contribution in [0.15, 0.2) is 41.2 Å². The highest BCUT2D eigenvalue weighted by atomic mass is 16.2. The van der Waals surface area contributed by atoms with Crippen LogP contribution >= 0.6 is 0 Å². The van der Waals surface area contributed by atoms with Crippen LogP contribution in [0.2, 0.25) is 0 Å². The Kier molecular flexibility index (Phi) is 6.62. The first-order valence-corrected chi connectivity index (χ1v) is 12.0. The minimum absolute atomic E-state index is 0.0811. The van der Waals surface area contributed by atoms with Gasteiger partial charge in [0.2, 0.25) is 0 Å². The zero-order valence-electron chi connectivity index (χ0n) is 21.8. The van der Waals surface area contributed by atoms with Crippen molar-refractivity contribution in [1.29, 1.82) is 0 Å². The Labute approximate surface area is 210 Å². The van der Waals surface area contributed by atoms with Crippen molar-refractivity contribution in [3.63, 3.8) is 0 Å². The third-order valence-electron chi connectivity index (χ3n) is 6.90. The molecule has 3 N–H and O–H groups in total. The first-order valence-electron chi connectivity index (χ1n) is 12.0. The van der Waals surface area contributed by atoms with Crippen molar-refractivity contribution >= 4 is 11.8 Å². The number of nitrogens with two attached hydrogens (primary N) is 1. The van der Waals surface area contributed by atoms with Crippen molar-refractivity contribution in [2.75, 3.05) is 28.2 Å². The lowest BCUT2D eigenvalue weighted by Gasteiger charge is -2.36. The van der Waals surface area contributed by atoms with E-state index in [4.69, 9.17) is 5.73 Å². The fourth-order valence-electron chi connectivity index (χ4n) is 5.28. The number of hydrogen-bond acceptors (Lipinski definition) is 5. The number of carbonyl (C=O) groups is 2. The molecule has 0 spiro atoms. The summed E-state index contributed by atoms with van der Waals surface area (Å²) in [5.74, 6) is 0.333. The summed E-state index contributed by atoms with van der Waals surface area (Å²) in [5.41, 5.74) is 10.3. The highest BCUT2D eigenvalue weighted by molar-refractivity contribution is 5.95. The van der Waals surface area contributed by atoms with Gasteiger partial charge in [0.1, 0.15) is 5.82 Å². The Morgan fingerprint density at radius 1 is 1.00 bits per heavy atom. The van der Waals surface area contributed by atoms with Crippen LogP contribution in [-0.4, -0.2) is 70.6 Å². The summed E-state index contributed by atoms with van der Waals surface area (Å²) < 4.78 is 1.29. The number of H-pyrrole nitrogens is 1. The van der Waals surface area contributed by atoms with Gasteiger partial charge in [0, 0.05) is 52.4 Å². The Morgan fingerprint density at radius 3 is 1.83 bits per heavy atom. The summed E-state index contributed by atoms with van der Waals surface area (Å²) in [6.45, 7) is 1.93. The van der Waals surface area contributed by atoms with Gasteiger partial charge in [0.05, 0.1) is 5.41 Å². The molecule has 1 aliphatic rings. The molecular weight excluding hydrogens is 456 g/mol. The summed E-state index contributed by atoms with van der Waals surface area (Å²) in [4.78, 5) is 44.2. The van der Waals surface area contributed by atoms with Crippen molar-refractivity contribution in [3.05, 3.63) is 86.1 Å². The number of carbonyl (C=O) groups excluding carboxylic acids is 2. The number of fused-ring (bicyclic) bond motifs is 2. The van der Waals surface area contributed by atoms with Gasteiger partial charge in [0.25, 0.3) is 11.8 Å². The van der Waals surface area contributed by atoms with Crippen LogP contribution in [0.1, 0.15) is 62.1 Å². The number of hydrogen-bond donors (Lipinski definition) is 2. The van der Waals surface area contributed by atoms with Crippen molar-refractivity contribution in [2.45, 2.75) is 37.6 Å². The Hall–Kier alpha value is -3.72. The quantitative estimate of drug-likeness (QED) is 0.564. The first kappa shape index (κ1) is 25.4. The standard InChI is InChI=1S/C27H34N6O3/c1-16(28)15-27(25-29-26(36)33(6)30-25)21-11-9-19(23(34)31(2)3)13-17(21)7-8-18-14-20(10-12-22(18)27)24(35)32(4)5/h9-14,16H,7-8,15,28H2,1-6H3,(H,29,30,36)/t16-/m1/s1. The molecule has 2 amide bonds. The molecule has 4 rings (SSSR count). The van der Waals surface area contributed by atoms with E-state index in [2.05, 4.69) is 10.1 Å². The van der Waals surface area contributed by atoms with E-state index in [1.807, 2.05) is 43.3 Å². The Balaban J connectivity index is 2.06. The molecule has 0 radical (unpaired) electrons. The van der Waals surface area contributed by atoms with Gasteiger partial charge >= 0.3 is 5.69 Å². The van der Waals surface area contributed by atoms with Crippen LogP contribution in [-0.2, 0) is 25.3 Å². The fourth-order valence-corrected chi connectivity index (χ4v) is 5.28. The van der Waals surface area contributed by atoms with Crippen molar-refractivity contribution in [1.82, 2.24) is 24.6 Å². The van der Waals surface area contributed by atoms with Crippen LogP contribution in [0.5, 0.6) is 0 Å². The zero-order valence-corrected chi connectivity index (χ0v) is 21.8. The Bertz CT molecular complexity index is 1310. The number of rotatable bonds is 5. The minimum Gasteiger partial charge on any atom is -0.345 e. The molecule has 0 fully saturated rings. The molecule has 9 nitrogen and oxygen atoms in total. The van der Waals surface area contributed by atoms with Crippen LogP contribution in [0.25, 0.3) is 0 Å². The molecule has 3 aromatic rings. The molecule has 0 bridgehead atoms. The van der Waals surface area contributed by atoms with Gasteiger partial charge < -0.3 is 15.5 Å². The van der Waals surface area contributed by atoms with Gasteiger partial charge in [-0.05, 0) is 72.7 Å². The van der Waals surface area contributed by atoms with Gasteiger partial charge in [-0.3, -0.25) is 14.6 Å². The van der Waals surface area contributed by atoms with E-state index in [-0.39, 0.29) is 23.5 Å². The summed E-state index contributed by atoms with van der Waals surface area (Å²) in [7, 11) is 8.52. The summed E-state index contributed by atoms with van der Waals surface area (Å²) >= 11 is 0. The second-order valence-corrected chi connectivity index (χ2v) is 10.1. The molecule has 9 heteroatoms. The smallest absolute Gasteiger partial charge is 0.343 e. The molecule has 0 aliphatic heterocycles. The molecule has 36 heavy (non-hydrogen) atoms. The third-order valence-corrected chi connectivity index (χ3v) is 6.90. The number of amides is 2. The normalized spacial score (nSPS) is 14.9. The van der Waals surface area contributed by atoms with Crippen LogP contribution in [0.4, 0.5) is 0 Å². The van der Waals surface area contributed by atoms with E-state index in [9.17, 15) is 14.4 Å². The third kappa shape index (κ3) is 4.24. The van der Waals surface area contributed by atoms with E-state index >= 15 is 0 Å². The number of nitrogens with one attached hydrogen (secondary N) is 1. The lowest BCUT2D eigenvalue weighted by molar-refractivity contribution is 0.0820. The maximum Gasteiger partial charge on any atom is 0.343 e. The topological polar surface area (TPSA) is 117 Å². The van der Waals surface area contributed by atoms with E-state index in [0.717, 1.165) is 22.3 Å². The zero-order chi connectivity index (χ0) is 26.4. The molecule has 1 aliphatic carbocycles. The summed E-state index contributed by atoms with van der Waals surface area (Å²) in [6, 6.07) is 11.2. The first-order chi connectivity index (χ1) is 17.0. The lowest BCUT2D eigenvalue weighted by Crippen LogP contribution is -2.38. The molecule has 2 aromatic carbocycles. The number of aryl methyl sites for hydroxylation is 3. The molecule has 0 saturated heterocycles. The average molecular weight is 491 g/mol. The highest BCUT2D eigenvalue weighted by Gasteiger charge is 2.45. The van der Waals surface area contributed by atoms with Gasteiger partial charge in [-0.25, -0.2) is 9.48 Å². The maximum absolute atomic E-state index is 12.8. The Morgan fingerprint density at radius 2 is 1.47 bits per heavy atom. The predicted molar refractivity (Wildman–Crippen MR) is 138 cm³/mol. The second-order valence-electron chi connectivity index (χ2n) is 10.1. The van der Waals surface area contributed by atoms with Gasteiger partial charge in [-0.1, -0.05) is 12.1 Å². The molecule has 1 heterocycles. The van der Waals surface area contributed by atoms with Crippen molar-refractivity contribution < 1.29 is 9.59 Å². The van der Waals surface area contributed by atoms with Gasteiger partial charge in [-0.15, -0.1) is 0 Å². The summed E-state index contributed by atoms with van der Waals surface area (Å²) in [6.07, 6.45) is 1.80. The van der Waals surface area contributed by atoms with E-state index < -0.39 is 5.41 Å². The number of benzene rings is 2.